The van der Waals surface area contributed by atoms with Gasteiger partial charge in [-0.3, -0.25) is 9.78 Å². The summed E-state index contributed by atoms with van der Waals surface area (Å²) in [5.41, 5.74) is 6.92. The van der Waals surface area contributed by atoms with E-state index < -0.39 is 0 Å². The van der Waals surface area contributed by atoms with Crippen molar-refractivity contribution in [2.75, 3.05) is 13.6 Å². The van der Waals surface area contributed by atoms with Gasteiger partial charge in [-0.05, 0) is 38.9 Å². The molecule has 104 valence electrons. The summed E-state index contributed by atoms with van der Waals surface area (Å²) in [6, 6.07) is 4.25. The fourth-order valence-corrected chi connectivity index (χ4v) is 2.42. The number of piperidine rings is 1. The molecule has 3 N–H and O–H groups in total. The number of carbonyl (C=O) groups is 1. The van der Waals surface area contributed by atoms with Crippen LogP contribution in [0.5, 0.6) is 0 Å². The van der Waals surface area contributed by atoms with E-state index in [9.17, 15) is 4.79 Å². The summed E-state index contributed by atoms with van der Waals surface area (Å²) in [7, 11) is 2.12. The maximum absolute atomic E-state index is 12.2. The van der Waals surface area contributed by atoms with Crippen molar-refractivity contribution in [2.24, 2.45) is 5.73 Å². The first-order valence-electron chi connectivity index (χ1n) is 6.76. The molecule has 5 nitrogen and oxygen atoms in total. The smallest absolute Gasteiger partial charge is 0.251 e. The van der Waals surface area contributed by atoms with Crippen LogP contribution >= 0.6 is 0 Å². The molecule has 19 heavy (non-hydrogen) atoms. The zero-order valence-electron chi connectivity index (χ0n) is 11.6. The van der Waals surface area contributed by atoms with Crippen molar-refractivity contribution in [3.8, 4) is 0 Å². The fraction of sp³-hybridized carbons (Fsp3) is 0.571. The van der Waals surface area contributed by atoms with Gasteiger partial charge < -0.3 is 16.0 Å². The van der Waals surface area contributed by atoms with Crippen molar-refractivity contribution >= 4 is 5.91 Å². The van der Waals surface area contributed by atoms with Gasteiger partial charge in [0, 0.05) is 36.9 Å². The Labute approximate surface area is 114 Å². The molecule has 1 aromatic heterocycles. The summed E-state index contributed by atoms with van der Waals surface area (Å²) in [5.74, 6) is -0.0288. The average molecular weight is 262 g/mol. The molecule has 0 aromatic carbocycles. The highest BCUT2D eigenvalue weighted by Crippen LogP contribution is 2.15. The van der Waals surface area contributed by atoms with Gasteiger partial charge in [0.1, 0.15) is 0 Å². The van der Waals surface area contributed by atoms with Crippen LogP contribution in [0.4, 0.5) is 0 Å². The van der Waals surface area contributed by atoms with Crippen LogP contribution in [0.2, 0.25) is 0 Å². The molecule has 0 saturated carbocycles. The van der Waals surface area contributed by atoms with E-state index in [1.165, 1.54) is 0 Å². The number of nitrogens with one attached hydrogen (secondary N) is 1. The van der Waals surface area contributed by atoms with Crippen molar-refractivity contribution in [3.05, 3.63) is 29.6 Å². The molecule has 0 spiro atoms. The predicted molar refractivity (Wildman–Crippen MR) is 74.7 cm³/mol. The van der Waals surface area contributed by atoms with Crippen LogP contribution in [-0.4, -0.2) is 41.5 Å². The maximum atomic E-state index is 12.2. The second-order valence-corrected chi connectivity index (χ2v) is 5.26. The molecular formula is C14H22N4O. The van der Waals surface area contributed by atoms with E-state index >= 15 is 0 Å². The number of hydrogen-bond acceptors (Lipinski definition) is 4. The summed E-state index contributed by atoms with van der Waals surface area (Å²) in [6.07, 6.45) is 3.63. The highest BCUT2D eigenvalue weighted by molar-refractivity contribution is 5.94. The Hall–Kier alpha value is -1.46. The summed E-state index contributed by atoms with van der Waals surface area (Å²) in [5, 5.41) is 3.10. The number of rotatable bonds is 3. The van der Waals surface area contributed by atoms with Crippen molar-refractivity contribution in [1.82, 2.24) is 15.2 Å². The Morgan fingerprint density at radius 3 is 3.11 bits per heavy atom. The summed E-state index contributed by atoms with van der Waals surface area (Å²) in [6.45, 7) is 3.57. The first kappa shape index (κ1) is 14.0. The topological polar surface area (TPSA) is 71.2 Å². The Balaban J connectivity index is 1.97. The molecule has 2 rings (SSSR count). The molecule has 1 saturated heterocycles. The average Bonchev–Trinajstić information content (AvgIpc) is 2.43. The number of pyridine rings is 1. The summed E-state index contributed by atoms with van der Waals surface area (Å²) >= 11 is 0. The van der Waals surface area contributed by atoms with Gasteiger partial charge in [0.05, 0.1) is 5.69 Å². The van der Waals surface area contributed by atoms with Crippen LogP contribution in [0.3, 0.4) is 0 Å². The second-order valence-electron chi connectivity index (χ2n) is 5.26. The number of carbonyl (C=O) groups excluding carboxylic acids is 1. The molecule has 1 amide bonds. The van der Waals surface area contributed by atoms with Crippen LogP contribution in [0.15, 0.2) is 18.3 Å². The first-order valence-corrected chi connectivity index (χ1v) is 6.76. The molecule has 1 aromatic rings. The van der Waals surface area contributed by atoms with Gasteiger partial charge >= 0.3 is 0 Å². The summed E-state index contributed by atoms with van der Waals surface area (Å²) < 4.78 is 0. The van der Waals surface area contributed by atoms with E-state index in [2.05, 4.69) is 29.2 Å². The number of nitrogens with zero attached hydrogens (tertiary/aromatic N) is 2. The van der Waals surface area contributed by atoms with Crippen LogP contribution in [-0.2, 0) is 6.54 Å². The van der Waals surface area contributed by atoms with Crippen LogP contribution in [0, 0.1) is 0 Å². The molecule has 1 aliphatic heterocycles. The molecule has 1 aliphatic rings. The molecule has 2 unspecified atom stereocenters. The van der Waals surface area contributed by atoms with Crippen LogP contribution in [0.25, 0.3) is 0 Å². The minimum absolute atomic E-state index is 0.0288. The highest BCUT2D eigenvalue weighted by atomic mass is 16.1. The molecule has 0 bridgehead atoms. The van der Waals surface area contributed by atoms with Crippen LogP contribution < -0.4 is 11.1 Å². The first-order chi connectivity index (χ1) is 9.10. The van der Waals surface area contributed by atoms with Gasteiger partial charge in [0.25, 0.3) is 5.91 Å². The van der Waals surface area contributed by atoms with E-state index in [4.69, 9.17) is 5.73 Å². The van der Waals surface area contributed by atoms with Crippen molar-refractivity contribution < 1.29 is 4.79 Å². The number of amides is 1. The summed E-state index contributed by atoms with van der Waals surface area (Å²) in [4.78, 5) is 18.6. The maximum Gasteiger partial charge on any atom is 0.251 e. The third-order valence-corrected chi connectivity index (χ3v) is 3.83. The molecular weight excluding hydrogens is 240 g/mol. The Morgan fingerprint density at radius 1 is 1.63 bits per heavy atom. The molecule has 0 radical (unpaired) electrons. The molecule has 5 heteroatoms. The van der Waals surface area contributed by atoms with Gasteiger partial charge in [-0.2, -0.15) is 0 Å². The van der Waals surface area contributed by atoms with Gasteiger partial charge in [-0.25, -0.2) is 0 Å². The lowest BCUT2D eigenvalue weighted by Gasteiger charge is -2.35. The number of aromatic nitrogens is 1. The van der Waals surface area contributed by atoms with E-state index in [1.807, 2.05) is 0 Å². The molecule has 2 atom stereocenters. The van der Waals surface area contributed by atoms with Gasteiger partial charge in [0.2, 0.25) is 0 Å². The zero-order valence-corrected chi connectivity index (χ0v) is 11.6. The Kier molecular flexibility index (Phi) is 4.50. The lowest BCUT2D eigenvalue weighted by molar-refractivity contribution is 0.0896. The SMILES string of the molecule is CC1CC(NC(=O)c2ccnc(CN)c2)CCN1C. The zero-order chi connectivity index (χ0) is 13.8. The number of hydrogen-bond donors (Lipinski definition) is 2. The third kappa shape index (κ3) is 3.52. The van der Waals surface area contributed by atoms with Crippen molar-refractivity contribution in [3.63, 3.8) is 0 Å². The van der Waals surface area contributed by atoms with Crippen molar-refractivity contribution in [1.29, 1.82) is 0 Å². The monoisotopic (exact) mass is 262 g/mol. The van der Waals surface area contributed by atoms with E-state index in [-0.39, 0.29) is 11.9 Å². The number of likely N-dealkylation sites (tertiary alicyclic amines) is 1. The quantitative estimate of drug-likeness (QED) is 0.843. The number of nitrogens with two attached hydrogens (primary N) is 1. The highest BCUT2D eigenvalue weighted by Gasteiger charge is 2.24. The largest absolute Gasteiger partial charge is 0.349 e. The fourth-order valence-electron chi connectivity index (χ4n) is 2.42. The second kappa shape index (κ2) is 6.12. The Bertz CT molecular complexity index is 449. The van der Waals surface area contributed by atoms with Crippen molar-refractivity contribution in [2.45, 2.75) is 38.4 Å². The predicted octanol–water partition coefficient (Wildman–Crippen LogP) is 0.753. The lowest BCUT2D eigenvalue weighted by atomic mass is 9.98. The van der Waals surface area contributed by atoms with Gasteiger partial charge in [-0.1, -0.05) is 0 Å². The molecule has 1 fully saturated rings. The standard InChI is InChI=1S/C14H22N4O/c1-10-7-12(4-6-18(10)2)17-14(19)11-3-5-16-13(8-11)9-15/h3,5,8,10,12H,4,6-7,9,15H2,1-2H3,(H,17,19). The Morgan fingerprint density at radius 2 is 2.42 bits per heavy atom. The minimum atomic E-state index is -0.0288. The van der Waals surface area contributed by atoms with Gasteiger partial charge in [-0.15, -0.1) is 0 Å². The lowest BCUT2D eigenvalue weighted by Crippen LogP contribution is -2.47. The van der Waals surface area contributed by atoms with E-state index in [0.29, 0.717) is 18.2 Å². The van der Waals surface area contributed by atoms with Gasteiger partial charge in [0.15, 0.2) is 0 Å². The van der Waals surface area contributed by atoms with Crippen LogP contribution in [0.1, 0.15) is 35.8 Å². The minimum Gasteiger partial charge on any atom is -0.349 e. The van der Waals surface area contributed by atoms with E-state index in [0.717, 1.165) is 25.1 Å². The third-order valence-electron chi connectivity index (χ3n) is 3.83. The molecule has 2 heterocycles. The molecule has 0 aliphatic carbocycles. The normalized spacial score (nSPS) is 24.2. The van der Waals surface area contributed by atoms with E-state index in [1.54, 1.807) is 18.3 Å².